The SMILES string of the molecule is O=[PH](CC(O)CO)[C@@]1(O)[C@@H](O)[C@H](O)[C@@H](O)[C@H](O)[C@@H]1O. The van der Waals surface area contributed by atoms with Crippen molar-refractivity contribution in [3.63, 3.8) is 0 Å². The largest absolute Gasteiger partial charge is 0.394 e. The van der Waals surface area contributed by atoms with Crippen LogP contribution in [0.4, 0.5) is 0 Å². The van der Waals surface area contributed by atoms with Gasteiger partial charge in [-0.1, -0.05) is 0 Å². The summed E-state index contributed by atoms with van der Waals surface area (Å²) in [5.74, 6) is 0. The normalized spacial score (nSPS) is 46.8. The highest BCUT2D eigenvalue weighted by molar-refractivity contribution is 7.46. The molecule has 2 unspecified atom stereocenters. The molecule has 1 fully saturated rings. The first-order valence-corrected chi connectivity index (χ1v) is 7.24. The molecule has 1 rings (SSSR count). The van der Waals surface area contributed by atoms with Crippen molar-refractivity contribution < 1.29 is 45.4 Å². The first kappa shape index (κ1) is 17.0. The molecular formula is C9H19O9P. The fourth-order valence-electron chi connectivity index (χ4n) is 2.04. The van der Waals surface area contributed by atoms with Gasteiger partial charge in [-0.15, -0.1) is 0 Å². The Balaban J connectivity index is 3.02. The number of aliphatic hydroxyl groups excluding tert-OH is 7. The van der Waals surface area contributed by atoms with Gasteiger partial charge in [0.2, 0.25) is 0 Å². The van der Waals surface area contributed by atoms with Crippen molar-refractivity contribution in [1.82, 2.24) is 0 Å². The van der Waals surface area contributed by atoms with Crippen molar-refractivity contribution in [3.8, 4) is 0 Å². The van der Waals surface area contributed by atoms with Crippen LogP contribution in [-0.2, 0) is 4.57 Å². The van der Waals surface area contributed by atoms with Gasteiger partial charge in [0.1, 0.15) is 38.3 Å². The number of hydrogen-bond acceptors (Lipinski definition) is 9. The van der Waals surface area contributed by atoms with Gasteiger partial charge >= 0.3 is 0 Å². The smallest absolute Gasteiger partial charge is 0.171 e. The van der Waals surface area contributed by atoms with Crippen LogP contribution in [-0.4, -0.2) is 95.6 Å². The van der Waals surface area contributed by atoms with Crippen LogP contribution < -0.4 is 0 Å². The Bertz CT molecular complexity index is 322. The summed E-state index contributed by atoms with van der Waals surface area (Å²) >= 11 is 0. The Morgan fingerprint density at radius 2 is 1.42 bits per heavy atom. The maximum absolute atomic E-state index is 11.9. The van der Waals surface area contributed by atoms with Crippen LogP contribution in [0.15, 0.2) is 0 Å². The van der Waals surface area contributed by atoms with Crippen LogP contribution in [0.25, 0.3) is 0 Å². The topological polar surface area (TPSA) is 179 Å². The highest BCUT2D eigenvalue weighted by Gasteiger charge is 2.60. The monoisotopic (exact) mass is 302 g/mol. The van der Waals surface area contributed by atoms with Crippen molar-refractivity contribution in [2.75, 3.05) is 12.8 Å². The van der Waals surface area contributed by atoms with E-state index in [1.165, 1.54) is 0 Å². The van der Waals surface area contributed by atoms with E-state index in [1.54, 1.807) is 0 Å². The van der Waals surface area contributed by atoms with Gasteiger partial charge in [0.25, 0.3) is 0 Å². The molecule has 8 N–H and O–H groups in total. The third kappa shape index (κ3) is 2.85. The van der Waals surface area contributed by atoms with Crippen LogP contribution in [0, 0.1) is 0 Å². The summed E-state index contributed by atoms with van der Waals surface area (Å²) < 4.78 is 11.9. The van der Waals surface area contributed by atoms with E-state index in [4.69, 9.17) is 10.2 Å². The Labute approximate surface area is 109 Å². The molecule has 0 radical (unpaired) electrons. The molecule has 0 aromatic carbocycles. The van der Waals surface area contributed by atoms with E-state index in [2.05, 4.69) is 0 Å². The third-order valence-electron chi connectivity index (χ3n) is 3.33. The average molecular weight is 302 g/mol. The summed E-state index contributed by atoms with van der Waals surface area (Å²) in [6.07, 6.45) is -12.3. The van der Waals surface area contributed by atoms with E-state index < -0.39 is 62.5 Å². The minimum absolute atomic E-state index is 0.624. The molecule has 0 heterocycles. The van der Waals surface area contributed by atoms with Crippen molar-refractivity contribution in [3.05, 3.63) is 0 Å². The van der Waals surface area contributed by atoms with Crippen LogP contribution in [0.1, 0.15) is 0 Å². The fourth-order valence-corrected chi connectivity index (χ4v) is 3.93. The van der Waals surface area contributed by atoms with Gasteiger partial charge in [0.15, 0.2) is 5.34 Å². The first-order chi connectivity index (χ1) is 8.67. The Morgan fingerprint density at radius 3 is 1.79 bits per heavy atom. The van der Waals surface area contributed by atoms with Crippen molar-refractivity contribution >= 4 is 7.80 Å². The average Bonchev–Trinajstić information content (AvgIpc) is 2.40. The quantitative estimate of drug-likeness (QED) is 0.237. The third-order valence-corrected chi connectivity index (χ3v) is 5.65. The zero-order chi connectivity index (χ0) is 15.0. The van der Waals surface area contributed by atoms with Gasteiger partial charge in [0.05, 0.1) is 12.7 Å². The van der Waals surface area contributed by atoms with Crippen molar-refractivity contribution in [2.24, 2.45) is 0 Å². The summed E-state index contributed by atoms with van der Waals surface area (Å²) in [7, 11) is -3.32. The number of hydrogen-bond donors (Lipinski definition) is 8. The molecule has 19 heavy (non-hydrogen) atoms. The Morgan fingerprint density at radius 1 is 1.00 bits per heavy atom. The van der Waals surface area contributed by atoms with Crippen LogP contribution >= 0.6 is 7.80 Å². The maximum Gasteiger partial charge on any atom is 0.171 e. The van der Waals surface area contributed by atoms with Gasteiger partial charge in [-0.2, -0.15) is 0 Å². The summed E-state index contributed by atoms with van der Waals surface area (Å²) in [6, 6.07) is 0. The first-order valence-electron chi connectivity index (χ1n) is 5.62. The fraction of sp³-hybridized carbons (Fsp3) is 1.00. The van der Waals surface area contributed by atoms with E-state index >= 15 is 0 Å². The molecule has 0 aliphatic heterocycles. The van der Waals surface area contributed by atoms with Crippen LogP contribution in [0.5, 0.6) is 0 Å². The second-order valence-electron chi connectivity index (χ2n) is 4.65. The number of rotatable bonds is 4. The molecule has 114 valence electrons. The predicted molar refractivity (Wildman–Crippen MR) is 61.9 cm³/mol. The Kier molecular flexibility index (Phi) is 5.47. The molecule has 1 aliphatic rings. The molecule has 0 saturated heterocycles. The lowest BCUT2D eigenvalue weighted by molar-refractivity contribution is -0.238. The minimum Gasteiger partial charge on any atom is -0.394 e. The summed E-state index contributed by atoms with van der Waals surface area (Å²) in [6.45, 7) is -0.744. The Hall–Kier alpha value is -0.0900. The number of aliphatic hydroxyl groups is 8. The lowest BCUT2D eigenvalue weighted by Gasteiger charge is -2.47. The maximum atomic E-state index is 11.9. The second-order valence-corrected chi connectivity index (χ2v) is 6.71. The molecule has 0 spiro atoms. The molecule has 0 bridgehead atoms. The lowest BCUT2D eigenvalue weighted by Crippen LogP contribution is -2.69. The molecule has 10 heteroatoms. The second kappa shape index (κ2) is 6.13. The zero-order valence-electron chi connectivity index (χ0n) is 9.86. The van der Waals surface area contributed by atoms with Gasteiger partial charge in [-0.05, 0) is 0 Å². The molecule has 9 nitrogen and oxygen atoms in total. The molecule has 1 saturated carbocycles. The summed E-state index contributed by atoms with van der Waals surface area (Å²) in [4.78, 5) is 0. The van der Waals surface area contributed by atoms with Crippen LogP contribution in [0.2, 0.25) is 0 Å². The highest BCUT2D eigenvalue weighted by atomic mass is 31.1. The van der Waals surface area contributed by atoms with Gasteiger partial charge in [-0.25, -0.2) is 0 Å². The van der Waals surface area contributed by atoms with Crippen molar-refractivity contribution in [2.45, 2.75) is 42.0 Å². The van der Waals surface area contributed by atoms with E-state index in [1.807, 2.05) is 0 Å². The van der Waals surface area contributed by atoms with E-state index in [0.717, 1.165) is 0 Å². The van der Waals surface area contributed by atoms with Gasteiger partial charge in [-0.3, -0.25) is 0 Å². The molecule has 0 amide bonds. The molecule has 1 aliphatic carbocycles. The van der Waals surface area contributed by atoms with Crippen molar-refractivity contribution in [1.29, 1.82) is 0 Å². The van der Waals surface area contributed by atoms with E-state index in [0.29, 0.717) is 0 Å². The zero-order valence-corrected chi connectivity index (χ0v) is 10.9. The molecule has 8 atom stereocenters. The van der Waals surface area contributed by atoms with E-state index in [9.17, 15) is 35.2 Å². The lowest BCUT2D eigenvalue weighted by atomic mass is 9.84. The minimum atomic E-state index is -3.32. The molecular weight excluding hydrogens is 283 g/mol. The summed E-state index contributed by atoms with van der Waals surface area (Å²) in [5.41, 5.74) is 0. The predicted octanol–water partition coefficient (Wildman–Crippen LogP) is -4.59. The van der Waals surface area contributed by atoms with Gasteiger partial charge in [0, 0.05) is 6.16 Å². The van der Waals surface area contributed by atoms with Crippen LogP contribution in [0.3, 0.4) is 0 Å². The standard InChI is InChI=1S/C9H19O9P/c10-1-3(11)2-19(18)9(17)7(15)5(13)4(12)6(14)8(9)16/h3-8,10-17,19H,1-2H2/t3?,4-,5-,6+,7-,8-,9+/m0/s1. The summed E-state index contributed by atoms with van der Waals surface area (Å²) in [5, 5.41) is 72.6. The molecule has 0 aromatic rings. The highest BCUT2D eigenvalue weighted by Crippen LogP contribution is 2.47. The van der Waals surface area contributed by atoms with E-state index in [-0.39, 0.29) is 0 Å². The molecule has 0 aromatic heterocycles. The van der Waals surface area contributed by atoms with Gasteiger partial charge < -0.3 is 45.4 Å².